The lowest BCUT2D eigenvalue weighted by Crippen LogP contribution is -2.22. The largest absolute Gasteiger partial charge is 0.624 e. The van der Waals surface area contributed by atoms with Crippen LogP contribution >= 0.6 is 0 Å². The van der Waals surface area contributed by atoms with Gasteiger partial charge in [-0.25, -0.2) is 13.5 Å². The minimum atomic E-state index is -0.581. The van der Waals surface area contributed by atoms with Crippen molar-refractivity contribution in [1.82, 2.24) is 9.78 Å². The van der Waals surface area contributed by atoms with Gasteiger partial charge in [0.25, 0.3) is 5.56 Å². The molecule has 4 rings (SSSR count). The molecule has 0 saturated heterocycles. The van der Waals surface area contributed by atoms with Crippen molar-refractivity contribution in [3.63, 3.8) is 0 Å². The lowest BCUT2D eigenvalue weighted by Gasteiger charge is -2.12. The lowest BCUT2D eigenvalue weighted by atomic mass is 10.0. The van der Waals surface area contributed by atoms with Gasteiger partial charge in [0.2, 0.25) is 0 Å². The first-order chi connectivity index (χ1) is 13.9. The summed E-state index contributed by atoms with van der Waals surface area (Å²) in [6.07, 6.45) is 1.25. The summed E-state index contributed by atoms with van der Waals surface area (Å²) in [7, 11) is 1.31. The van der Waals surface area contributed by atoms with Crippen LogP contribution in [0.15, 0.2) is 71.5 Å². The Morgan fingerprint density at radius 3 is 2.34 bits per heavy atom. The Kier molecular flexibility index (Phi) is 4.64. The van der Waals surface area contributed by atoms with Gasteiger partial charge in [0.15, 0.2) is 6.21 Å². The van der Waals surface area contributed by atoms with E-state index in [2.05, 4.69) is 5.10 Å². The average molecular weight is 391 g/mol. The van der Waals surface area contributed by atoms with E-state index in [9.17, 15) is 18.8 Å². The number of hydrogen-bond acceptors (Lipinski definition) is 3. The van der Waals surface area contributed by atoms with Gasteiger partial charge in [-0.2, -0.15) is 9.78 Å². The van der Waals surface area contributed by atoms with Crippen molar-refractivity contribution in [1.29, 1.82) is 0 Å². The van der Waals surface area contributed by atoms with Gasteiger partial charge in [0, 0.05) is 16.5 Å². The molecule has 0 unspecified atom stereocenters. The maximum absolute atomic E-state index is 14.9. The van der Waals surface area contributed by atoms with Gasteiger partial charge in [-0.15, -0.1) is 0 Å². The highest BCUT2D eigenvalue weighted by molar-refractivity contribution is 5.94. The topological polar surface area (TPSA) is 61.0 Å². The summed E-state index contributed by atoms with van der Waals surface area (Å²) in [5.41, 5.74) is 0.822. The smallest absolute Gasteiger partial charge is 0.279 e. The quantitative estimate of drug-likeness (QED) is 0.230. The minimum absolute atomic E-state index is 0.183. The number of hydrogen-bond donors (Lipinski definition) is 0. The van der Waals surface area contributed by atoms with Crippen molar-refractivity contribution in [2.75, 3.05) is 7.05 Å². The van der Waals surface area contributed by atoms with Crippen LogP contribution in [-0.4, -0.2) is 27.8 Å². The zero-order valence-corrected chi connectivity index (χ0v) is 15.3. The van der Waals surface area contributed by atoms with Gasteiger partial charge in [0.05, 0.1) is 11.1 Å². The summed E-state index contributed by atoms with van der Waals surface area (Å²) in [6, 6.07) is 16.4. The highest BCUT2D eigenvalue weighted by Crippen LogP contribution is 2.28. The average Bonchev–Trinajstić information content (AvgIpc) is 2.70. The van der Waals surface area contributed by atoms with E-state index in [1.165, 1.54) is 49.7 Å². The predicted octanol–water partition coefficient (Wildman–Crippen LogP) is 3.89. The fourth-order valence-corrected chi connectivity index (χ4v) is 3.16. The molecule has 0 radical (unpaired) electrons. The number of fused-ring (bicyclic) bond motifs is 1. The molecule has 0 saturated carbocycles. The molecular formula is C22H15F2N3O2. The molecule has 5 nitrogen and oxygen atoms in total. The van der Waals surface area contributed by atoms with Crippen LogP contribution in [0.3, 0.4) is 0 Å². The molecule has 1 heterocycles. The number of halogens is 2. The van der Waals surface area contributed by atoms with Crippen LogP contribution in [0, 0.1) is 16.8 Å². The summed E-state index contributed by atoms with van der Waals surface area (Å²) in [5.74, 6) is -1.02. The molecule has 0 fully saturated rings. The van der Waals surface area contributed by atoms with Crippen molar-refractivity contribution in [3.05, 3.63) is 99.5 Å². The minimum Gasteiger partial charge on any atom is -0.624 e. The second kappa shape index (κ2) is 7.27. The van der Waals surface area contributed by atoms with Gasteiger partial charge >= 0.3 is 0 Å². The van der Waals surface area contributed by atoms with E-state index in [1.54, 1.807) is 30.3 Å². The third kappa shape index (κ3) is 3.50. The third-order valence-electron chi connectivity index (χ3n) is 4.46. The lowest BCUT2D eigenvalue weighted by molar-refractivity contribution is -0.416. The molecular weight excluding hydrogens is 376 g/mol. The zero-order valence-electron chi connectivity index (χ0n) is 15.3. The van der Waals surface area contributed by atoms with Crippen molar-refractivity contribution in [2.24, 2.45) is 0 Å². The number of hydroxylamine groups is 1. The van der Waals surface area contributed by atoms with Crippen LogP contribution in [0.1, 0.15) is 5.56 Å². The second-order valence-corrected chi connectivity index (χ2v) is 6.50. The number of nitrogens with zero attached hydrogens (tertiary/aromatic N) is 3. The summed E-state index contributed by atoms with van der Waals surface area (Å²) in [4.78, 5) is 12.9. The van der Waals surface area contributed by atoms with Gasteiger partial charge in [0.1, 0.15) is 24.4 Å². The van der Waals surface area contributed by atoms with Crippen molar-refractivity contribution >= 4 is 17.0 Å². The molecule has 3 aromatic carbocycles. The van der Waals surface area contributed by atoms with Crippen LogP contribution in [0.4, 0.5) is 8.78 Å². The first-order valence-electron chi connectivity index (χ1n) is 8.77. The van der Waals surface area contributed by atoms with Crippen molar-refractivity contribution in [2.45, 2.75) is 0 Å². The van der Waals surface area contributed by atoms with Crippen LogP contribution in [0.5, 0.6) is 0 Å². The van der Waals surface area contributed by atoms with Crippen LogP contribution in [-0.2, 0) is 0 Å². The molecule has 0 aliphatic carbocycles. The molecule has 0 aliphatic rings. The Balaban J connectivity index is 2.00. The summed E-state index contributed by atoms with van der Waals surface area (Å²) < 4.78 is 29.9. The Morgan fingerprint density at radius 2 is 1.69 bits per heavy atom. The van der Waals surface area contributed by atoms with E-state index in [0.717, 1.165) is 4.68 Å². The maximum Gasteiger partial charge on any atom is 0.279 e. The maximum atomic E-state index is 14.9. The molecule has 7 heteroatoms. The molecule has 4 aromatic rings. The van der Waals surface area contributed by atoms with Gasteiger partial charge < -0.3 is 5.21 Å². The normalized spacial score (nSPS) is 11.8. The summed E-state index contributed by atoms with van der Waals surface area (Å²) >= 11 is 0. The SMILES string of the molecule is C/[N+]([O-])=C\c1ccc(-c2nn(-c3ccc(F)cc3)c(=O)c3ccccc23)c(F)c1. The third-order valence-corrected chi connectivity index (χ3v) is 4.46. The number of benzene rings is 3. The predicted molar refractivity (Wildman–Crippen MR) is 107 cm³/mol. The first-order valence-corrected chi connectivity index (χ1v) is 8.77. The van der Waals surface area contributed by atoms with Gasteiger partial charge in [-0.3, -0.25) is 4.79 Å². The highest BCUT2D eigenvalue weighted by atomic mass is 19.1. The van der Waals surface area contributed by atoms with Gasteiger partial charge in [-0.1, -0.05) is 18.2 Å². The van der Waals surface area contributed by atoms with Crippen LogP contribution < -0.4 is 5.56 Å². The van der Waals surface area contributed by atoms with Gasteiger partial charge in [-0.05, 0) is 48.5 Å². The molecule has 1 aromatic heterocycles. The molecule has 0 spiro atoms. The van der Waals surface area contributed by atoms with E-state index >= 15 is 0 Å². The Morgan fingerprint density at radius 1 is 1.00 bits per heavy atom. The van der Waals surface area contributed by atoms with Crippen LogP contribution in [0.2, 0.25) is 0 Å². The number of rotatable bonds is 3. The summed E-state index contributed by atoms with van der Waals surface area (Å²) in [6.45, 7) is 0. The molecule has 0 aliphatic heterocycles. The Bertz CT molecular complexity index is 1310. The van der Waals surface area contributed by atoms with Crippen molar-refractivity contribution < 1.29 is 13.5 Å². The van der Waals surface area contributed by atoms with E-state index in [-0.39, 0.29) is 11.3 Å². The molecule has 0 atom stereocenters. The standard InChI is InChI=1S/C22H15F2N3O2/c1-26(29)13-14-6-11-19(20(24)12-14)21-17-4-2-3-5-18(17)22(28)27(25-21)16-9-7-15(23)8-10-16/h2-13H,1H3/b26-13+. The Labute approximate surface area is 164 Å². The fraction of sp³-hybridized carbons (Fsp3) is 0.0455. The molecule has 0 amide bonds. The fourth-order valence-electron chi connectivity index (χ4n) is 3.16. The monoisotopic (exact) mass is 391 g/mol. The zero-order chi connectivity index (χ0) is 20.5. The van der Waals surface area contributed by atoms with Crippen LogP contribution in [0.25, 0.3) is 27.7 Å². The number of aromatic nitrogens is 2. The van der Waals surface area contributed by atoms with E-state index in [0.29, 0.717) is 26.8 Å². The highest BCUT2D eigenvalue weighted by Gasteiger charge is 2.16. The van der Waals surface area contributed by atoms with E-state index < -0.39 is 17.2 Å². The molecule has 144 valence electrons. The summed E-state index contributed by atoms with van der Waals surface area (Å²) in [5, 5.41) is 16.4. The molecule has 0 N–H and O–H groups in total. The Hall–Kier alpha value is -3.87. The molecule has 0 bridgehead atoms. The van der Waals surface area contributed by atoms with Crippen molar-refractivity contribution in [3.8, 4) is 16.9 Å². The first kappa shape index (κ1) is 18.5. The van der Waals surface area contributed by atoms with E-state index in [4.69, 9.17) is 0 Å². The molecule has 29 heavy (non-hydrogen) atoms. The van der Waals surface area contributed by atoms with E-state index in [1.807, 2.05) is 0 Å². The second-order valence-electron chi connectivity index (χ2n) is 6.50.